The van der Waals surface area contributed by atoms with Crippen LogP contribution in [0.2, 0.25) is 0 Å². The highest BCUT2D eigenvalue weighted by Crippen LogP contribution is 2.23. The molecule has 0 bridgehead atoms. The molecular weight excluding hydrogens is 246 g/mol. The van der Waals surface area contributed by atoms with E-state index < -0.39 is 0 Å². The van der Waals surface area contributed by atoms with Gasteiger partial charge in [0.2, 0.25) is 0 Å². The van der Waals surface area contributed by atoms with Gasteiger partial charge in [0.25, 0.3) is 0 Å². The fraction of sp³-hybridized carbons (Fsp3) is 0.222. The van der Waals surface area contributed by atoms with Crippen molar-refractivity contribution in [2.75, 3.05) is 12.4 Å². The van der Waals surface area contributed by atoms with Crippen LogP contribution in [-0.4, -0.2) is 12.6 Å². The lowest BCUT2D eigenvalue weighted by Gasteiger charge is -2.29. The monoisotopic (exact) mass is 267 g/mol. The third-order valence-corrected chi connectivity index (χ3v) is 3.38. The Labute approximate surface area is 121 Å². The summed E-state index contributed by atoms with van der Waals surface area (Å²) in [6.07, 6.45) is 2.85. The summed E-state index contributed by atoms with van der Waals surface area (Å²) in [6, 6.07) is 18.4. The van der Waals surface area contributed by atoms with Crippen LogP contribution in [0.1, 0.15) is 12.5 Å². The second kappa shape index (κ2) is 6.29. The number of methoxy groups -OCH3 is 1. The zero-order chi connectivity index (χ0) is 14.4. The van der Waals surface area contributed by atoms with Crippen molar-refractivity contribution in [2.45, 2.75) is 18.9 Å². The van der Waals surface area contributed by atoms with E-state index in [4.69, 9.17) is 4.74 Å². The standard InChI is InChI=1S/C18H21NO/c1-4-18(2,14-15-8-6-5-7-9-15)19-16-10-12-17(20-3)13-11-16/h4-13,19H,1,14H2,2-3H3. The summed E-state index contributed by atoms with van der Waals surface area (Å²) < 4.78 is 5.17. The van der Waals surface area contributed by atoms with Gasteiger partial charge >= 0.3 is 0 Å². The van der Waals surface area contributed by atoms with E-state index in [1.54, 1.807) is 7.11 Å². The highest BCUT2D eigenvalue weighted by molar-refractivity contribution is 5.49. The molecule has 1 N–H and O–H groups in total. The molecule has 0 aliphatic carbocycles. The normalized spacial score (nSPS) is 13.3. The maximum atomic E-state index is 5.17. The molecule has 20 heavy (non-hydrogen) atoms. The summed E-state index contributed by atoms with van der Waals surface area (Å²) >= 11 is 0. The van der Waals surface area contributed by atoms with Gasteiger partial charge in [-0.2, -0.15) is 0 Å². The number of hydrogen-bond acceptors (Lipinski definition) is 2. The first-order valence-corrected chi connectivity index (χ1v) is 6.75. The number of nitrogens with one attached hydrogen (secondary N) is 1. The first-order chi connectivity index (χ1) is 9.65. The van der Waals surface area contributed by atoms with E-state index in [-0.39, 0.29) is 5.54 Å². The predicted molar refractivity (Wildman–Crippen MR) is 85.4 cm³/mol. The Kier molecular flexibility index (Phi) is 4.46. The molecule has 0 aromatic heterocycles. The van der Waals surface area contributed by atoms with Crippen molar-refractivity contribution in [3.8, 4) is 5.75 Å². The summed E-state index contributed by atoms with van der Waals surface area (Å²) in [5.74, 6) is 0.860. The van der Waals surface area contributed by atoms with Gasteiger partial charge in [0, 0.05) is 5.69 Å². The molecule has 2 nitrogen and oxygen atoms in total. The number of rotatable bonds is 6. The van der Waals surface area contributed by atoms with E-state index in [1.807, 2.05) is 36.4 Å². The van der Waals surface area contributed by atoms with E-state index in [0.29, 0.717) is 0 Å². The minimum atomic E-state index is -0.185. The van der Waals surface area contributed by atoms with Crippen LogP contribution >= 0.6 is 0 Å². The van der Waals surface area contributed by atoms with Crippen LogP contribution in [0.5, 0.6) is 5.75 Å². The van der Waals surface area contributed by atoms with Gasteiger partial charge in [-0.05, 0) is 43.2 Å². The second-order valence-corrected chi connectivity index (χ2v) is 5.14. The molecular formula is C18H21NO. The van der Waals surface area contributed by atoms with Crippen molar-refractivity contribution in [1.29, 1.82) is 0 Å². The maximum absolute atomic E-state index is 5.17. The quantitative estimate of drug-likeness (QED) is 0.788. The highest BCUT2D eigenvalue weighted by atomic mass is 16.5. The molecule has 2 rings (SSSR count). The lowest BCUT2D eigenvalue weighted by molar-refractivity contribution is 0.415. The van der Waals surface area contributed by atoms with Crippen LogP contribution in [0.25, 0.3) is 0 Å². The summed E-state index contributed by atoms with van der Waals surface area (Å²) in [5, 5.41) is 3.53. The van der Waals surface area contributed by atoms with Crippen molar-refractivity contribution < 1.29 is 4.74 Å². The average molecular weight is 267 g/mol. The molecule has 0 spiro atoms. The summed E-state index contributed by atoms with van der Waals surface area (Å²) in [4.78, 5) is 0. The lowest BCUT2D eigenvalue weighted by atomic mass is 9.92. The van der Waals surface area contributed by atoms with Crippen LogP contribution in [-0.2, 0) is 6.42 Å². The lowest BCUT2D eigenvalue weighted by Crippen LogP contribution is -2.34. The number of benzene rings is 2. The van der Waals surface area contributed by atoms with Gasteiger partial charge < -0.3 is 10.1 Å². The molecule has 0 radical (unpaired) electrons. The second-order valence-electron chi connectivity index (χ2n) is 5.14. The summed E-state index contributed by atoms with van der Waals surface area (Å²) in [5.41, 5.74) is 2.16. The third kappa shape index (κ3) is 3.64. The van der Waals surface area contributed by atoms with Gasteiger partial charge in [0.05, 0.1) is 12.6 Å². The van der Waals surface area contributed by atoms with Gasteiger partial charge in [-0.1, -0.05) is 36.4 Å². The molecule has 104 valence electrons. The zero-order valence-corrected chi connectivity index (χ0v) is 12.1. The predicted octanol–water partition coefficient (Wildman–Crippen LogP) is 4.29. The summed E-state index contributed by atoms with van der Waals surface area (Å²) in [6.45, 7) is 6.12. The smallest absolute Gasteiger partial charge is 0.119 e. The molecule has 0 heterocycles. The Hall–Kier alpha value is -2.22. The van der Waals surface area contributed by atoms with E-state index in [9.17, 15) is 0 Å². The number of hydrogen-bond donors (Lipinski definition) is 1. The molecule has 2 heteroatoms. The third-order valence-electron chi connectivity index (χ3n) is 3.38. The van der Waals surface area contributed by atoms with Gasteiger partial charge in [-0.15, -0.1) is 6.58 Å². The van der Waals surface area contributed by atoms with Gasteiger partial charge in [-0.3, -0.25) is 0 Å². The Bertz CT molecular complexity index is 547. The minimum Gasteiger partial charge on any atom is -0.497 e. The first kappa shape index (κ1) is 14.2. The fourth-order valence-electron chi connectivity index (χ4n) is 2.19. The van der Waals surface area contributed by atoms with E-state index in [2.05, 4.69) is 43.1 Å². The SMILES string of the molecule is C=CC(C)(Cc1ccccc1)Nc1ccc(OC)cc1. The molecule has 1 unspecified atom stereocenters. The van der Waals surface area contributed by atoms with E-state index in [0.717, 1.165) is 17.9 Å². The Morgan fingerprint density at radius 3 is 2.30 bits per heavy atom. The Balaban J connectivity index is 2.12. The zero-order valence-electron chi connectivity index (χ0n) is 12.1. The summed E-state index contributed by atoms with van der Waals surface area (Å²) in [7, 11) is 1.67. The molecule has 0 saturated carbocycles. The van der Waals surface area contributed by atoms with Crippen LogP contribution in [0.4, 0.5) is 5.69 Å². The number of anilines is 1. The first-order valence-electron chi connectivity index (χ1n) is 6.75. The van der Waals surface area contributed by atoms with Crippen molar-refractivity contribution in [3.05, 3.63) is 72.8 Å². The topological polar surface area (TPSA) is 21.3 Å². The van der Waals surface area contributed by atoms with Crippen molar-refractivity contribution in [1.82, 2.24) is 0 Å². The van der Waals surface area contributed by atoms with Crippen LogP contribution in [0.15, 0.2) is 67.3 Å². The van der Waals surface area contributed by atoms with Crippen molar-refractivity contribution in [3.63, 3.8) is 0 Å². The van der Waals surface area contributed by atoms with E-state index in [1.165, 1.54) is 5.56 Å². The largest absolute Gasteiger partial charge is 0.497 e. The van der Waals surface area contributed by atoms with Crippen LogP contribution in [0, 0.1) is 0 Å². The molecule has 0 aliphatic heterocycles. The Morgan fingerprint density at radius 1 is 1.10 bits per heavy atom. The van der Waals surface area contributed by atoms with E-state index >= 15 is 0 Å². The molecule has 0 amide bonds. The molecule has 0 fully saturated rings. The minimum absolute atomic E-state index is 0.185. The Morgan fingerprint density at radius 2 is 1.75 bits per heavy atom. The van der Waals surface area contributed by atoms with Crippen molar-refractivity contribution >= 4 is 5.69 Å². The van der Waals surface area contributed by atoms with Crippen LogP contribution in [0.3, 0.4) is 0 Å². The number of ether oxygens (including phenoxy) is 1. The molecule has 0 saturated heterocycles. The van der Waals surface area contributed by atoms with Crippen molar-refractivity contribution in [2.24, 2.45) is 0 Å². The van der Waals surface area contributed by atoms with Gasteiger partial charge in [0.1, 0.15) is 5.75 Å². The highest BCUT2D eigenvalue weighted by Gasteiger charge is 2.20. The molecule has 2 aromatic carbocycles. The molecule has 0 aliphatic rings. The maximum Gasteiger partial charge on any atom is 0.119 e. The van der Waals surface area contributed by atoms with Crippen LogP contribution < -0.4 is 10.1 Å². The molecule has 1 atom stereocenters. The fourth-order valence-corrected chi connectivity index (χ4v) is 2.19. The molecule has 2 aromatic rings. The van der Waals surface area contributed by atoms with Gasteiger partial charge in [0.15, 0.2) is 0 Å². The average Bonchev–Trinajstić information content (AvgIpc) is 2.49. The van der Waals surface area contributed by atoms with Gasteiger partial charge in [-0.25, -0.2) is 0 Å².